The Kier molecular flexibility index (Phi) is 9.37. The Bertz CT molecular complexity index is 1080. The second-order valence-corrected chi connectivity index (χ2v) is 12.3. The summed E-state index contributed by atoms with van der Waals surface area (Å²) in [6, 6.07) is 13.2. The van der Waals surface area contributed by atoms with Gasteiger partial charge in [-0.2, -0.15) is 21.6 Å². The highest BCUT2D eigenvalue weighted by Gasteiger charge is 2.49. The van der Waals surface area contributed by atoms with E-state index in [1.807, 2.05) is 30.3 Å². The van der Waals surface area contributed by atoms with Crippen molar-refractivity contribution in [3.05, 3.63) is 42.5 Å². The zero-order valence-corrected chi connectivity index (χ0v) is 22.7. The molecule has 0 unspecified atom stereocenters. The molecule has 0 fully saturated rings. The maximum atomic E-state index is 13.0. The van der Waals surface area contributed by atoms with Gasteiger partial charge in [0.25, 0.3) is 0 Å². The lowest BCUT2D eigenvalue weighted by Gasteiger charge is -2.37. The third-order valence-corrected chi connectivity index (χ3v) is 9.36. The molecule has 1 aliphatic rings. The lowest BCUT2D eigenvalue weighted by molar-refractivity contribution is -0.0500. The fourth-order valence-electron chi connectivity index (χ4n) is 4.31. The first-order valence-corrected chi connectivity index (χ1v) is 15.4. The largest absolute Gasteiger partial charge is 0.534 e. The van der Waals surface area contributed by atoms with Crippen molar-refractivity contribution in [2.75, 3.05) is 23.5 Å². The van der Waals surface area contributed by atoms with E-state index in [-0.39, 0.29) is 11.2 Å². The number of para-hydroxylation sites is 1. The van der Waals surface area contributed by atoms with Crippen LogP contribution in [0.1, 0.15) is 52.4 Å². The molecule has 0 atom stereocenters. The van der Waals surface area contributed by atoms with E-state index >= 15 is 0 Å². The first kappa shape index (κ1) is 28.1. The molecule has 0 bridgehead atoms. The normalized spacial score (nSPS) is 16.0. The smallest absolute Gasteiger partial charge is 0.375 e. The highest BCUT2D eigenvalue weighted by Crippen LogP contribution is 2.50. The molecule has 3 rings (SSSR count). The summed E-state index contributed by atoms with van der Waals surface area (Å²) in [6.45, 7) is 5.14. The number of fused-ring (bicyclic) bond motifs is 1. The van der Waals surface area contributed by atoms with Crippen LogP contribution in [0.3, 0.4) is 0 Å². The number of halogens is 3. The van der Waals surface area contributed by atoms with Gasteiger partial charge in [0.15, 0.2) is 5.75 Å². The van der Waals surface area contributed by atoms with Gasteiger partial charge in [0.1, 0.15) is 0 Å². The second-order valence-electron chi connectivity index (χ2n) is 8.87. The Morgan fingerprint density at radius 3 is 2.26 bits per heavy atom. The Morgan fingerprint density at radius 2 is 1.71 bits per heavy atom. The van der Waals surface area contributed by atoms with Crippen LogP contribution in [0.5, 0.6) is 5.75 Å². The molecule has 0 aromatic heterocycles. The van der Waals surface area contributed by atoms with Crippen LogP contribution in [0, 0.1) is 5.41 Å². The summed E-state index contributed by atoms with van der Waals surface area (Å²) in [5, 5.41) is 0. The topological polar surface area (TPSA) is 46.6 Å². The molecule has 0 N–H and O–H groups in total. The monoisotopic (exact) mass is 547 g/mol. The summed E-state index contributed by atoms with van der Waals surface area (Å²) in [5.74, 6) is 0.511. The molecule has 1 heterocycles. The molecular weight excluding hydrogens is 515 g/mol. The summed E-state index contributed by atoms with van der Waals surface area (Å²) >= 11 is 2.73. The summed E-state index contributed by atoms with van der Waals surface area (Å²) in [7, 11) is -5.77. The van der Waals surface area contributed by atoms with Gasteiger partial charge in [0.05, 0.1) is 10.6 Å². The van der Waals surface area contributed by atoms with Crippen LogP contribution in [-0.4, -0.2) is 32.5 Å². The number of nitrogens with zero attached hydrogens (tertiary/aromatic N) is 1. The van der Waals surface area contributed by atoms with E-state index in [2.05, 4.69) is 22.9 Å². The van der Waals surface area contributed by atoms with Gasteiger partial charge in [-0.05, 0) is 48.8 Å². The van der Waals surface area contributed by atoms with Crippen molar-refractivity contribution in [2.45, 2.75) is 67.7 Å². The molecule has 0 spiro atoms. The molecule has 4 nitrogen and oxygen atoms in total. The standard InChI is InChI=1S/C25H32F3NO3S3/c1-4-6-13-24(14-7-5-2)17-29(19-11-9-8-10-12-19)20-15-23(33-3)21(16-22(20)34-18-24)32-35(30,31)25(26,27)28/h8-12,15-16H,4-7,13-14,17-18H2,1-3H3. The summed E-state index contributed by atoms with van der Waals surface area (Å²) in [5.41, 5.74) is -3.62. The number of rotatable bonds is 10. The van der Waals surface area contributed by atoms with Gasteiger partial charge in [-0.25, -0.2) is 0 Å². The van der Waals surface area contributed by atoms with E-state index in [4.69, 9.17) is 0 Å². The van der Waals surface area contributed by atoms with Crippen LogP contribution in [0.25, 0.3) is 0 Å². The molecule has 10 heteroatoms. The molecule has 0 radical (unpaired) electrons. The molecule has 0 amide bonds. The average molecular weight is 548 g/mol. The quantitative estimate of drug-likeness (QED) is 0.170. The molecule has 1 aliphatic heterocycles. The summed E-state index contributed by atoms with van der Waals surface area (Å²) in [4.78, 5) is 3.30. The molecule has 2 aromatic rings. The maximum absolute atomic E-state index is 13.0. The SMILES string of the molecule is CCCCC1(CCCC)CSc2cc(OS(=O)(=O)C(F)(F)F)c(SC)cc2N(c2ccccc2)C1. The van der Waals surface area contributed by atoms with Gasteiger partial charge < -0.3 is 9.08 Å². The summed E-state index contributed by atoms with van der Waals surface area (Å²) in [6.07, 6.45) is 8.15. The first-order chi connectivity index (χ1) is 16.6. The van der Waals surface area contributed by atoms with Gasteiger partial charge in [-0.15, -0.1) is 23.5 Å². The summed E-state index contributed by atoms with van der Waals surface area (Å²) < 4.78 is 67.3. The van der Waals surface area contributed by atoms with Crippen LogP contribution in [0.15, 0.2) is 52.3 Å². The fraction of sp³-hybridized carbons (Fsp3) is 0.520. The van der Waals surface area contributed by atoms with E-state index in [0.29, 0.717) is 9.79 Å². The van der Waals surface area contributed by atoms with Crippen LogP contribution < -0.4 is 9.08 Å². The minimum absolute atomic E-state index is 0.0180. The number of thioether (sulfide) groups is 2. The van der Waals surface area contributed by atoms with E-state index in [1.165, 1.54) is 6.07 Å². The highest BCUT2D eigenvalue weighted by atomic mass is 32.2. The molecule has 2 aromatic carbocycles. The zero-order valence-electron chi connectivity index (χ0n) is 20.2. The number of benzene rings is 2. The number of hydrogen-bond donors (Lipinski definition) is 0. The minimum Gasteiger partial charge on any atom is -0.375 e. The Hall–Kier alpha value is -1.52. The Labute approximate surface area is 215 Å². The molecule has 0 saturated heterocycles. The van der Waals surface area contributed by atoms with Crippen molar-refractivity contribution in [2.24, 2.45) is 5.41 Å². The number of hydrogen-bond acceptors (Lipinski definition) is 6. The van der Waals surface area contributed by atoms with E-state index in [0.717, 1.165) is 74.0 Å². The maximum Gasteiger partial charge on any atom is 0.534 e. The lowest BCUT2D eigenvalue weighted by Crippen LogP contribution is -2.36. The third kappa shape index (κ3) is 6.63. The van der Waals surface area contributed by atoms with Crippen molar-refractivity contribution in [1.82, 2.24) is 0 Å². The number of unbranched alkanes of at least 4 members (excludes halogenated alkanes) is 2. The Balaban J connectivity index is 2.13. The predicted molar refractivity (Wildman–Crippen MR) is 139 cm³/mol. The van der Waals surface area contributed by atoms with Crippen LogP contribution in [-0.2, 0) is 10.1 Å². The van der Waals surface area contributed by atoms with Gasteiger partial charge in [-0.3, -0.25) is 0 Å². The zero-order chi connectivity index (χ0) is 25.7. The van der Waals surface area contributed by atoms with Crippen molar-refractivity contribution in [3.8, 4) is 5.75 Å². The van der Waals surface area contributed by atoms with Gasteiger partial charge in [0, 0.05) is 22.9 Å². The third-order valence-electron chi connectivity index (χ3n) is 6.24. The number of anilines is 2. The van der Waals surface area contributed by atoms with Crippen LogP contribution >= 0.6 is 23.5 Å². The second kappa shape index (κ2) is 11.7. The lowest BCUT2D eigenvalue weighted by atomic mass is 9.79. The molecule has 0 aliphatic carbocycles. The van der Waals surface area contributed by atoms with E-state index in [1.54, 1.807) is 24.1 Å². The minimum atomic E-state index is -5.77. The predicted octanol–water partition coefficient (Wildman–Crippen LogP) is 8.25. The van der Waals surface area contributed by atoms with Crippen LogP contribution in [0.4, 0.5) is 24.5 Å². The van der Waals surface area contributed by atoms with Crippen molar-refractivity contribution >= 4 is 45.0 Å². The van der Waals surface area contributed by atoms with E-state index < -0.39 is 15.6 Å². The molecular formula is C25H32F3NO3S3. The van der Waals surface area contributed by atoms with Crippen molar-refractivity contribution in [1.29, 1.82) is 0 Å². The molecule has 0 saturated carbocycles. The fourth-order valence-corrected chi connectivity index (χ4v) is 6.72. The molecule has 35 heavy (non-hydrogen) atoms. The Morgan fingerprint density at radius 1 is 1.09 bits per heavy atom. The molecule has 194 valence electrons. The van der Waals surface area contributed by atoms with Gasteiger partial charge >= 0.3 is 15.6 Å². The average Bonchev–Trinajstić information content (AvgIpc) is 2.98. The van der Waals surface area contributed by atoms with Gasteiger partial charge in [-0.1, -0.05) is 57.7 Å². The first-order valence-electron chi connectivity index (χ1n) is 11.7. The number of alkyl halides is 3. The van der Waals surface area contributed by atoms with Crippen molar-refractivity contribution < 1.29 is 25.8 Å². The van der Waals surface area contributed by atoms with Gasteiger partial charge in [0.2, 0.25) is 0 Å². The van der Waals surface area contributed by atoms with Crippen LogP contribution in [0.2, 0.25) is 0 Å². The van der Waals surface area contributed by atoms with E-state index in [9.17, 15) is 21.6 Å². The van der Waals surface area contributed by atoms with Crippen molar-refractivity contribution in [3.63, 3.8) is 0 Å². The highest BCUT2D eigenvalue weighted by molar-refractivity contribution is 7.99.